The Morgan fingerprint density at radius 3 is 2.42 bits per heavy atom. The number of carbonyl (C=O) groups excluding carboxylic acids is 2. The topological polar surface area (TPSA) is 52.6 Å². The van der Waals surface area contributed by atoms with Crippen molar-refractivity contribution in [2.75, 3.05) is 13.7 Å². The normalized spacial score (nSPS) is 11.2. The van der Waals surface area contributed by atoms with Gasteiger partial charge in [0.2, 0.25) is 0 Å². The highest BCUT2D eigenvalue weighted by molar-refractivity contribution is 6.41. The molecular weight excluding hydrogens is 244 g/mol. The smallest absolute Gasteiger partial charge is 0.379 e. The molecule has 0 amide bonds. The number of esters is 1. The summed E-state index contributed by atoms with van der Waals surface area (Å²) in [6.07, 6.45) is 0.546. The maximum atomic E-state index is 12.0. The van der Waals surface area contributed by atoms with Gasteiger partial charge in [0.1, 0.15) is 0 Å². The SMILES string of the molecule is CCOC(=O)C(=O)c1ccccc1CC(C)(C)OC. The fraction of sp³-hybridized carbons (Fsp3) is 0.467. The first-order valence-corrected chi connectivity index (χ1v) is 6.25. The van der Waals surface area contributed by atoms with Crippen LogP contribution in [0, 0.1) is 0 Å². The van der Waals surface area contributed by atoms with Gasteiger partial charge in [0.15, 0.2) is 0 Å². The lowest BCUT2D eigenvalue weighted by Crippen LogP contribution is -2.27. The molecule has 1 aromatic carbocycles. The van der Waals surface area contributed by atoms with Crippen LogP contribution in [-0.2, 0) is 20.7 Å². The average Bonchev–Trinajstić information content (AvgIpc) is 2.38. The molecule has 0 saturated carbocycles. The van der Waals surface area contributed by atoms with E-state index in [0.29, 0.717) is 12.0 Å². The van der Waals surface area contributed by atoms with Crippen LogP contribution in [0.1, 0.15) is 36.7 Å². The predicted molar refractivity (Wildman–Crippen MR) is 72.2 cm³/mol. The number of rotatable bonds is 6. The molecule has 19 heavy (non-hydrogen) atoms. The first-order valence-electron chi connectivity index (χ1n) is 6.25. The minimum atomic E-state index is -0.815. The Hall–Kier alpha value is -1.68. The van der Waals surface area contributed by atoms with Gasteiger partial charge in [-0.05, 0) is 26.3 Å². The summed E-state index contributed by atoms with van der Waals surface area (Å²) in [5.74, 6) is -1.42. The number of methoxy groups -OCH3 is 1. The molecule has 0 heterocycles. The highest BCUT2D eigenvalue weighted by atomic mass is 16.5. The molecule has 0 aliphatic carbocycles. The molecule has 4 heteroatoms. The van der Waals surface area contributed by atoms with Crippen LogP contribution >= 0.6 is 0 Å². The van der Waals surface area contributed by atoms with Gasteiger partial charge in [-0.2, -0.15) is 0 Å². The van der Waals surface area contributed by atoms with Gasteiger partial charge in [0, 0.05) is 19.1 Å². The van der Waals surface area contributed by atoms with E-state index < -0.39 is 17.4 Å². The molecule has 0 aliphatic heterocycles. The monoisotopic (exact) mass is 264 g/mol. The predicted octanol–water partition coefficient (Wildman–Crippen LogP) is 2.40. The van der Waals surface area contributed by atoms with E-state index in [1.165, 1.54) is 0 Å². The maximum Gasteiger partial charge on any atom is 0.379 e. The quantitative estimate of drug-likeness (QED) is 0.450. The number of benzene rings is 1. The summed E-state index contributed by atoms with van der Waals surface area (Å²) in [4.78, 5) is 23.5. The van der Waals surface area contributed by atoms with Gasteiger partial charge in [0.05, 0.1) is 12.2 Å². The number of ether oxygens (including phenoxy) is 2. The highest BCUT2D eigenvalue weighted by Crippen LogP contribution is 2.20. The number of Topliss-reactive ketones (excluding diaryl/α,β-unsaturated/α-hetero) is 1. The molecule has 0 aromatic heterocycles. The second kappa shape index (κ2) is 6.48. The number of ketones is 1. The maximum absolute atomic E-state index is 12.0. The molecule has 0 saturated heterocycles. The van der Waals surface area contributed by atoms with E-state index in [0.717, 1.165) is 5.56 Å². The third-order valence-electron chi connectivity index (χ3n) is 2.89. The van der Waals surface area contributed by atoms with Gasteiger partial charge in [-0.15, -0.1) is 0 Å². The van der Waals surface area contributed by atoms with E-state index in [1.54, 1.807) is 26.2 Å². The van der Waals surface area contributed by atoms with E-state index in [1.807, 2.05) is 26.0 Å². The summed E-state index contributed by atoms with van der Waals surface area (Å²) >= 11 is 0. The fourth-order valence-corrected chi connectivity index (χ4v) is 1.73. The zero-order valence-corrected chi connectivity index (χ0v) is 11.9. The van der Waals surface area contributed by atoms with E-state index >= 15 is 0 Å². The Labute approximate surface area is 113 Å². The van der Waals surface area contributed by atoms with E-state index in [2.05, 4.69) is 0 Å². The van der Waals surface area contributed by atoms with E-state index in [4.69, 9.17) is 9.47 Å². The summed E-state index contributed by atoms with van der Waals surface area (Å²) in [6, 6.07) is 7.03. The largest absolute Gasteiger partial charge is 0.460 e. The van der Waals surface area contributed by atoms with Crippen LogP contribution in [0.3, 0.4) is 0 Å². The van der Waals surface area contributed by atoms with E-state index in [9.17, 15) is 9.59 Å². The number of hydrogen-bond acceptors (Lipinski definition) is 4. The van der Waals surface area contributed by atoms with Crippen molar-refractivity contribution in [1.82, 2.24) is 0 Å². The van der Waals surface area contributed by atoms with Gasteiger partial charge >= 0.3 is 5.97 Å². The lowest BCUT2D eigenvalue weighted by Gasteiger charge is -2.23. The molecule has 0 N–H and O–H groups in total. The Morgan fingerprint density at radius 2 is 1.84 bits per heavy atom. The van der Waals surface area contributed by atoms with Crippen molar-refractivity contribution in [3.63, 3.8) is 0 Å². The Kier molecular flexibility index (Phi) is 5.24. The van der Waals surface area contributed by atoms with E-state index in [-0.39, 0.29) is 6.61 Å². The zero-order chi connectivity index (χ0) is 14.5. The van der Waals surface area contributed by atoms with Crippen molar-refractivity contribution in [2.24, 2.45) is 0 Å². The molecule has 0 atom stereocenters. The summed E-state index contributed by atoms with van der Waals surface area (Å²) in [5, 5.41) is 0. The second-order valence-electron chi connectivity index (χ2n) is 4.85. The van der Waals surface area contributed by atoms with Crippen molar-refractivity contribution in [3.05, 3.63) is 35.4 Å². The Bertz CT molecular complexity index is 463. The molecule has 1 aromatic rings. The van der Waals surface area contributed by atoms with Crippen LogP contribution in [0.2, 0.25) is 0 Å². The van der Waals surface area contributed by atoms with Gasteiger partial charge in [-0.3, -0.25) is 4.79 Å². The van der Waals surface area contributed by atoms with Gasteiger partial charge in [-0.1, -0.05) is 24.3 Å². The summed E-state index contributed by atoms with van der Waals surface area (Å²) in [5.41, 5.74) is 0.767. The summed E-state index contributed by atoms with van der Waals surface area (Å²) in [7, 11) is 1.62. The lowest BCUT2D eigenvalue weighted by molar-refractivity contribution is -0.137. The van der Waals surface area contributed by atoms with Crippen LogP contribution in [0.15, 0.2) is 24.3 Å². The average molecular weight is 264 g/mol. The molecule has 0 fully saturated rings. The van der Waals surface area contributed by atoms with Gasteiger partial charge < -0.3 is 9.47 Å². The molecule has 0 radical (unpaired) electrons. The van der Waals surface area contributed by atoms with Crippen molar-refractivity contribution < 1.29 is 19.1 Å². The molecule has 0 aliphatic rings. The second-order valence-corrected chi connectivity index (χ2v) is 4.85. The van der Waals surface area contributed by atoms with Crippen LogP contribution in [0.5, 0.6) is 0 Å². The first-order chi connectivity index (χ1) is 8.91. The number of carbonyl (C=O) groups is 2. The van der Waals surface area contributed by atoms with Crippen LogP contribution in [-0.4, -0.2) is 31.1 Å². The highest BCUT2D eigenvalue weighted by Gasteiger charge is 2.24. The minimum Gasteiger partial charge on any atom is -0.460 e. The molecule has 0 unspecified atom stereocenters. The summed E-state index contributed by atoms with van der Waals surface area (Å²) < 4.78 is 10.1. The third-order valence-corrected chi connectivity index (χ3v) is 2.89. The Morgan fingerprint density at radius 1 is 1.21 bits per heavy atom. The molecule has 1 rings (SSSR count). The molecular formula is C15H20O4. The summed E-state index contributed by atoms with van der Waals surface area (Å²) in [6.45, 7) is 5.72. The van der Waals surface area contributed by atoms with Crippen molar-refractivity contribution in [3.8, 4) is 0 Å². The lowest BCUT2D eigenvalue weighted by atomic mass is 9.93. The van der Waals surface area contributed by atoms with Crippen LogP contribution in [0.25, 0.3) is 0 Å². The zero-order valence-electron chi connectivity index (χ0n) is 11.9. The fourth-order valence-electron chi connectivity index (χ4n) is 1.73. The molecule has 0 bridgehead atoms. The van der Waals surface area contributed by atoms with Crippen LogP contribution in [0.4, 0.5) is 0 Å². The molecule has 104 valence electrons. The first kappa shape index (κ1) is 15.4. The van der Waals surface area contributed by atoms with Crippen molar-refractivity contribution in [2.45, 2.75) is 32.8 Å². The standard InChI is InChI=1S/C15H20O4/c1-5-19-14(17)13(16)12-9-7-6-8-11(12)10-15(2,3)18-4/h6-9H,5,10H2,1-4H3. The Balaban J connectivity index is 3.02. The van der Waals surface area contributed by atoms with Gasteiger partial charge in [-0.25, -0.2) is 4.79 Å². The number of hydrogen-bond donors (Lipinski definition) is 0. The molecule has 4 nitrogen and oxygen atoms in total. The van der Waals surface area contributed by atoms with Crippen molar-refractivity contribution in [1.29, 1.82) is 0 Å². The minimum absolute atomic E-state index is 0.191. The molecule has 0 spiro atoms. The third kappa shape index (κ3) is 4.17. The van der Waals surface area contributed by atoms with Crippen molar-refractivity contribution >= 4 is 11.8 Å². The van der Waals surface area contributed by atoms with Crippen LogP contribution < -0.4 is 0 Å². The van der Waals surface area contributed by atoms with Gasteiger partial charge in [0.25, 0.3) is 5.78 Å².